The van der Waals surface area contributed by atoms with Gasteiger partial charge in [0.05, 0.1) is 0 Å². The standard InChI is InChI=1S/C17H26N2O2/c1-17(2,3)16(21)19-9-7-14(8-10-19)18-12-13-5-4-6-15(20)11-13/h4-6,11,14,18,20H,7-10,12H2,1-3H3. The van der Waals surface area contributed by atoms with Gasteiger partial charge < -0.3 is 15.3 Å². The fourth-order valence-corrected chi connectivity index (χ4v) is 2.69. The van der Waals surface area contributed by atoms with Crippen LogP contribution in [0.3, 0.4) is 0 Å². The van der Waals surface area contributed by atoms with Crippen LogP contribution in [-0.2, 0) is 11.3 Å². The number of piperidine rings is 1. The van der Waals surface area contributed by atoms with Crippen LogP contribution in [0.2, 0.25) is 0 Å². The third-order valence-electron chi connectivity index (χ3n) is 3.93. The molecule has 1 saturated heterocycles. The molecule has 0 bridgehead atoms. The summed E-state index contributed by atoms with van der Waals surface area (Å²) in [6, 6.07) is 7.77. The predicted octanol–water partition coefficient (Wildman–Crippen LogP) is 2.52. The number of aromatic hydroxyl groups is 1. The molecule has 0 aliphatic carbocycles. The lowest BCUT2D eigenvalue weighted by atomic mass is 9.93. The quantitative estimate of drug-likeness (QED) is 0.899. The smallest absolute Gasteiger partial charge is 0.227 e. The number of likely N-dealkylation sites (tertiary alicyclic amines) is 1. The van der Waals surface area contributed by atoms with Crippen molar-refractivity contribution in [2.24, 2.45) is 5.41 Å². The summed E-state index contributed by atoms with van der Waals surface area (Å²) in [5.74, 6) is 0.550. The molecule has 1 aliphatic rings. The minimum absolute atomic E-state index is 0.244. The van der Waals surface area contributed by atoms with E-state index >= 15 is 0 Å². The molecular formula is C17H26N2O2. The van der Waals surface area contributed by atoms with E-state index in [1.807, 2.05) is 37.8 Å². The maximum atomic E-state index is 12.2. The molecule has 1 aromatic carbocycles. The topological polar surface area (TPSA) is 52.6 Å². The summed E-state index contributed by atoms with van der Waals surface area (Å²) in [4.78, 5) is 14.2. The van der Waals surface area contributed by atoms with E-state index in [0.717, 1.165) is 38.0 Å². The Balaban J connectivity index is 1.78. The van der Waals surface area contributed by atoms with Crippen molar-refractivity contribution in [2.75, 3.05) is 13.1 Å². The molecule has 2 N–H and O–H groups in total. The number of carbonyl (C=O) groups excluding carboxylic acids is 1. The van der Waals surface area contributed by atoms with Crippen molar-refractivity contribution >= 4 is 5.91 Å². The molecule has 0 spiro atoms. The average molecular weight is 290 g/mol. The SMILES string of the molecule is CC(C)(C)C(=O)N1CCC(NCc2cccc(O)c2)CC1. The minimum Gasteiger partial charge on any atom is -0.508 e. The Hall–Kier alpha value is -1.55. The van der Waals surface area contributed by atoms with Crippen molar-refractivity contribution in [2.45, 2.75) is 46.2 Å². The van der Waals surface area contributed by atoms with Gasteiger partial charge in [-0.05, 0) is 30.5 Å². The summed E-state index contributed by atoms with van der Waals surface area (Å²) in [5, 5.41) is 13.0. The molecule has 1 amide bonds. The van der Waals surface area contributed by atoms with Crippen LogP contribution in [0.15, 0.2) is 24.3 Å². The van der Waals surface area contributed by atoms with Crippen LogP contribution in [0, 0.1) is 5.41 Å². The van der Waals surface area contributed by atoms with Crippen LogP contribution in [-0.4, -0.2) is 35.0 Å². The Bertz CT molecular complexity index is 486. The maximum Gasteiger partial charge on any atom is 0.227 e. The van der Waals surface area contributed by atoms with Crippen molar-refractivity contribution in [1.29, 1.82) is 0 Å². The largest absolute Gasteiger partial charge is 0.508 e. The third-order valence-corrected chi connectivity index (χ3v) is 3.93. The van der Waals surface area contributed by atoms with Crippen molar-refractivity contribution < 1.29 is 9.90 Å². The normalized spacial score (nSPS) is 17.0. The van der Waals surface area contributed by atoms with Crippen molar-refractivity contribution in [3.05, 3.63) is 29.8 Å². The molecular weight excluding hydrogens is 264 g/mol. The number of rotatable bonds is 3. The van der Waals surface area contributed by atoms with Crippen molar-refractivity contribution in [3.8, 4) is 5.75 Å². The van der Waals surface area contributed by atoms with Gasteiger partial charge in [-0.15, -0.1) is 0 Å². The Morgan fingerprint density at radius 1 is 1.33 bits per heavy atom. The average Bonchev–Trinajstić information content (AvgIpc) is 2.44. The van der Waals surface area contributed by atoms with Gasteiger partial charge in [0.2, 0.25) is 5.91 Å². The van der Waals surface area contributed by atoms with E-state index in [4.69, 9.17) is 0 Å². The second-order valence-electron chi connectivity index (χ2n) is 6.87. The second kappa shape index (κ2) is 6.48. The van der Waals surface area contributed by atoms with Crippen molar-refractivity contribution in [1.82, 2.24) is 10.2 Å². The number of hydrogen-bond acceptors (Lipinski definition) is 3. The first-order chi connectivity index (χ1) is 9.86. The first-order valence-electron chi connectivity index (χ1n) is 7.67. The van der Waals surface area contributed by atoms with Gasteiger partial charge in [0.1, 0.15) is 5.75 Å². The van der Waals surface area contributed by atoms with Gasteiger partial charge in [-0.3, -0.25) is 4.79 Å². The van der Waals surface area contributed by atoms with Gasteiger partial charge in [0.25, 0.3) is 0 Å². The van der Waals surface area contributed by atoms with E-state index in [-0.39, 0.29) is 11.3 Å². The minimum atomic E-state index is -0.290. The number of benzene rings is 1. The lowest BCUT2D eigenvalue weighted by molar-refractivity contribution is -0.140. The van der Waals surface area contributed by atoms with E-state index in [0.29, 0.717) is 11.8 Å². The highest BCUT2D eigenvalue weighted by Crippen LogP contribution is 2.21. The van der Waals surface area contributed by atoms with Gasteiger partial charge in [-0.2, -0.15) is 0 Å². The molecule has 4 heteroatoms. The molecule has 116 valence electrons. The number of nitrogens with one attached hydrogen (secondary N) is 1. The van der Waals surface area contributed by atoms with E-state index in [9.17, 15) is 9.90 Å². The molecule has 1 aromatic rings. The highest BCUT2D eigenvalue weighted by atomic mass is 16.3. The summed E-state index contributed by atoms with van der Waals surface area (Å²) < 4.78 is 0. The van der Waals surface area contributed by atoms with Crippen molar-refractivity contribution in [3.63, 3.8) is 0 Å². The highest BCUT2D eigenvalue weighted by molar-refractivity contribution is 5.81. The monoisotopic (exact) mass is 290 g/mol. The summed E-state index contributed by atoms with van der Waals surface area (Å²) in [7, 11) is 0. The Morgan fingerprint density at radius 2 is 2.00 bits per heavy atom. The third kappa shape index (κ3) is 4.46. The molecule has 1 aliphatic heterocycles. The van der Waals surface area contributed by atoms with Crippen LogP contribution in [0.4, 0.5) is 0 Å². The fourth-order valence-electron chi connectivity index (χ4n) is 2.69. The van der Waals surface area contributed by atoms with E-state index in [2.05, 4.69) is 5.32 Å². The van der Waals surface area contributed by atoms with Crippen LogP contribution in [0.25, 0.3) is 0 Å². The Labute approximate surface area is 127 Å². The molecule has 0 saturated carbocycles. The first-order valence-corrected chi connectivity index (χ1v) is 7.67. The van der Waals surface area contributed by atoms with Gasteiger partial charge in [0.15, 0.2) is 0 Å². The lowest BCUT2D eigenvalue weighted by Gasteiger charge is -2.36. The summed E-state index contributed by atoms with van der Waals surface area (Å²) in [6.07, 6.45) is 1.97. The van der Waals surface area contributed by atoms with E-state index in [1.54, 1.807) is 12.1 Å². The van der Waals surface area contributed by atoms with Gasteiger partial charge in [0, 0.05) is 31.1 Å². The maximum absolute atomic E-state index is 12.2. The van der Waals surface area contributed by atoms with E-state index in [1.165, 1.54) is 0 Å². The van der Waals surface area contributed by atoms with Gasteiger partial charge in [-0.25, -0.2) is 0 Å². The van der Waals surface area contributed by atoms with Crippen LogP contribution in [0.1, 0.15) is 39.2 Å². The zero-order chi connectivity index (χ0) is 15.5. The molecule has 1 fully saturated rings. The van der Waals surface area contributed by atoms with Gasteiger partial charge >= 0.3 is 0 Å². The first kappa shape index (κ1) is 15.8. The molecule has 2 rings (SSSR count). The zero-order valence-corrected chi connectivity index (χ0v) is 13.2. The zero-order valence-electron chi connectivity index (χ0n) is 13.2. The molecule has 0 atom stereocenters. The summed E-state index contributed by atoms with van der Waals surface area (Å²) >= 11 is 0. The molecule has 4 nitrogen and oxygen atoms in total. The number of nitrogens with zero attached hydrogens (tertiary/aromatic N) is 1. The molecule has 0 aromatic heterocycles. The number of phenolic OH excluding ortho intramolecular Hbond substituents is 1. The van der Waals surface area contributed by atoms with Crippen LogP contribution >= 0.6 is 0 Å². The van der Waals surface area contributed by atoms with Crippen LogP contribution in [0.5, 0.6) is 5.75 Å². The number of hydrogen-bond donors (Lipinski definition) is 2. The number of amides is 1. The van der Waals surface area contributed by atoms with Crippen LogP contribution < -0.4 is 5.32 Å². The number of carbonyl (C=O) groups is 1. The molecule has 0 radical (unpaired) electrons. The number of phenols is 1. The fraction of sp³-hybridized carbons (Fsp3) is 0.588. The highest BCUT2D eigenvalue weighted by Gasteiger charge is 2.30. The predicted molar refractivity (Wildman–Crippen MR) is 84.0 cm³/mol. The Morgan fingerprint density at radius 3 is 2.57 bits per heavy atom. The van der Waals surface area contributed by atoms with E-state index < -0.39 is 0 Å². The summed E-state index contributed by atoms with van der Waals surface area (Å²) in [5.41, 5.74) is 0.796. The second-order valence-corrected chi connectivity index (χ2v) is 6.87. The molecule has 21 heavy (non-hydrogen) atoms. The summed E-state index contributed by atoms with van der Waals surface area (Å²) in [6.45, 7) is 8.33. The molecule has 0 unspecified atom stereocenters. The van der Waals surface area contributed by atoms with Gasteiger partial charge in [-0.1, -0.05) is 32.9 Å². The Kier molecular flexibility index (Phi) is 4.88. The lowest BCUT2D eigenvalue weighted by Crippen LogP contribution is -2.48. The molecule has 1 heterocycles.